The van der Waals surface area contributed by atoms with Crippen molar-refractivity contribution >= 4 is 28.9 Å². The van der Waals surface area contributed by atoms with Gasteiger partial charge in [0.15, 0.2) is 0 Å². The number of carbonyl (C=O) groups excluding carboxylic acids is 1. The van der Waals surface area contributed by atoms with Gasteiger partial charge in [0.2, 0.25) is 5.91 Å². The molecule has 21 heavy (non-hydrogen) atoms. The second-order valence-corrected chi connectivity index (χ2v) is 5.21. The Morgan fingerprint density at radius 2 is 2.10 bits per heavy atom. The third kappa shape index (κ3) is 3.76. The van der Waals surface area contributed by atoms with Crippen LogP contribution in [-0.2, 0) is 24.2 Å². The van der Waals surface area contributed by atoms with Crippen molar-refractivity contribution in [3.8, 4) is 0 Å². The monoisotopic (exact) mass is 306 g/mol. The molecule has 0 aliphatic carbocycles. The molecule has 1 aromatic carbocycles. The molecule has 0 radical (unpaired) electrons. The van der Waals surface area contributed by atoms with E-state index in [1.54, 1.807) is 22.9 Å². The van der Waals surface area contributed by atoms with Gasteiger partial charge in [-0.3, -0.25) is 9.48 Å². The Morgan fingerprint density at radius 3 is 2.71 bits per heavy atom. The number of nitrogen functional groups attached to an aromatic ring is 1. The van der Waals surface area contributed by atoms with Gasteiger partial charge in [-0.1, -0.05) is 25.4 Å². The van der Waals surface area contributed by atoms with E-state index in [4.69, 9.17) is 17.3 Å². The Bertz CT molecular complexity index is 651. The van der Waals surface area contributed by atoms with E-state index in [0.29, 0.717) is 16.4 Å². The van der Waals surface area contributed by atoms with Crippen LogP contribution >= 0.6 is 11.6 Å². The summed E-state index contributed by atoms with van der Waals surface area (Å²) in [6, 6.07) is 7.02. The molecule has 0 bridgehead atoms. The Hall–Kier alpha value is -2.01. The van der Waals surface area contributed by atoms with Crippen molar-refractivity contribution in [2.75, 3.05) is 11.1 Å². The standard InChI is InChI=1S/C15H19ClN4O/c1-3-11-8-12(4-2)20(19-11)9-15(21)18-14-6-5-10(16)7-13(14)17/h5-8H,3-4,9,17H2,1-2H3,(H,18,21). The van der Waals surface area contributed by atoms with Crippen molar-refractivity contribution in [3.63, 3.8) is 0 Å². The number of halogens is 1. The zero-order valence-electron chi connectivity index (χ0n) is 12.2. The van der Waals surface area contributed by atoms with Crippen molar-refractivity contribution in [2.24, 2.45) is 0 Å². The lowest BCUT2D eigenvalue weighted by Crippen LogP contribution is -2.21. The van der Waals surface area contributed by atoms with Crippen LogP contribution in [0.5, 0.6) is 0 Å². The largest absolute Gasteiger partial charge is 0.397 e. The lowest BCUT2D eigenvalue weighted by atomic mass is 10.2. The molecule has 1 aromatic heterocycles. The molecule has 0 aliphatic rings. The van der Waals surface area contributed by atoms with Gasteiger partial charge in [0.25, 0.3) is 0 Å². The number of rotatable bonds is 5. The number of hydrogen-bond acceptors (Lipinski definition) is 3. The summed E-state index contributed by atoms with van der Waals surface area (Å²) in [6.07, 6.45) is 1.69. The van der Waals surface area contributed by atoms with Gasteiger partial charge < -0.3 is 11.1 Å². The molecule has 1 amide bonds. The summed E-state index contributed by atoms with van der Waals surface area (Å²) < 4.78 is 1.74. The third-order valence-electron chi connectivity index (χ3n) is 3.22. The SMILES string of the molecule is CCc1cc(CC)n(CC(=O)Nc2ccc(Cl)cc2N)n1. The third-order valence-corrected chi connectivity index (χ3v) is 3.45. The molecular weight excluding hydrogens is 288 g/mol. The van der Waals surface area contributed by atoms with Crippen LogP contribution in [0, 0.1) is 0 Å². The first-order valence-corrected chi connectivity index (χ1v) is 7.31. The summed E-state index contributed by atoms with van der Waals surface area (Å²) in [5.41, 5.74) is 8.87. The van der Waals surface area contributed by atoms with E-state index in [-0.39, 0.29) is 12.5 Å². The summed E-state index contributed by atoms with van der Waals surface area (Å²) in [7, 11) is 0. The van der Waals surface area contributed by atoms with Crippen LogP contribution in [-0.4, -0.2) is 15.7 Å². The lowest BCUT2D eigenvalue weighted by molar-refractivity contribution is -0.116. The normalized spacial score (nSPS) is 10.6. The quantitative estimate of drug-likeness (QED) is 0.834. The summed E-state index contributed by atoms with van der Waals surface area (Å²) in [6.45, 7) is 4.26. The van der Waals surface area contributed by atoms with E-state index in [1.165, 1.54) is 0 Å². The fraction of sp³-hybridized carbons (Fsp3) is 0.333. The van der Waals surface area contributed by atoms with Gasteiger partial charge in [0.1, 0.15) is 6.54 Å². The van der Waals surface area contributed by atoms with Crippen LogP contribution in [0.1, 0.15) is 25.2 Å². The number of aryl methyl sites for hydroxylation is 2. The van der Waals surface area contributed by atoms with Gasteiger partial charge in [-0.25, -0.2) is 0 Å². The summed E-state index contributed by atoms with van der Waals surface area (Å²) >= 11 is 5.83. The molecule has 1 heterocycles. The molecular formula is C15H19ClN4O. The molecule has 112 valence electrons. The molecule has 6 heteroatoms. The summed E-state index contributed by atoms with van der Waals surface area (Å²) in [4.78, 5) is 12.1. The average Bonchev–Trinajstić information content (AvgIpc) is 2.84. The van der Waals surface area contributed by atoms with E-state index in [0.717, 1.165) is 24.2 Å². The van der Waals surface area contributed by atoms with Gasteiger partial charge in [-0.15, -0.1) is 0 Å². The Kier molecular flexibility index (Phi) is 4.85. The fourth-order valence-electron chi connectivity index (χ4n) is 2.08. The zero-order valence-corrected chi connectivity index (χ0v) is 12.9. The fourth-order valence-corrected chi connectivity index (χ4v) is 2.26. The average molecular weight is 307 g/mol. The second kappa shape index (κ2) is 6.63. The molecule has 0 saturated heterocycles. The molecule has 0 unspecified atom stereocenters. The molecule has 0 spiro atoms. The van der Waals surface area contributed by atoms with Crippen LogP contribution in [0.3, 0.4) is 0 Å². The first-order valence-electron chi connectivity index (χ1n) is 6.94. The highest BCUT2D eigenvalue weighted by Crippen LogP contribution is 2.22. The van der Waals surface area contributed by atoms with E-state index in [1.807, 2.05) is 19.9 Å². The van der Waals surface area contributed by atoms with Crippen LogP contribution in [0.25, 0.3) is 0 Å². The van der Waals surface area contributed by atoms with Gasteiger partial charge in [0.05, 0.1) is 17.1 Å². The van der Waals surface area contributed by atoms with Crippen molar-refractivity contribution < 1.29 is 4.79 Å². The first-order chi connectivity index (χ1) is 10.0. The number of aromatic nitrogens is 2. The highest BCUT2D eigenvalue weighted by molar-refractivity contribution is 6.31. The van der Waals surface area contributed by atoms with E-state index >= 15 is 0 Å². The lowest BCUT2D eigenvalue weighted by Gasteiger charge is -2.10. The molecule has 5 nitrogen and oxygen atoms in total. The highest BCUT2D eigenvalue weighted by atomic mass is 35.5. The van der Waals surface area contributed by atoms with Crippen LogP contribution < -0.4 is 11.1 Å². The maximum absolute atomic E-state index is 12.1. The Morgan fingerprint density at radius 1 is 1.33 bits per heavy atom. The number of anilines is 2. The number of nitrogens with zero attached hydrogens (tertiary/aromatic N) is 2. The predicted molar refractivity (Wildman–Crippen MR) is 85.5 cm³/mol. The number of carbonyl (C=O) groups is 1. The molecule has 2 aromatic rings. The molecule has 0 fully saturated rings. The van der Waals surface area contributed by atoms with Gasteiger partial charge in [-0.05, 0) is 37.1 Å². The van der Waals surface area contributed by atoms with E-state index in [2.05, 4.69) is 10.4 Å². The minimum atomic E-state index is -0.163. The minimum absolute atomic E-state index is 0.163. The second-order valence-electron chi connectivity index (χ2n) is 4.77. The zero-order chi connectivity index (χ0) is 15.4. The number of benzene rings is 1. The van der Waals surface area contributed by atoms with Gasteiger partial charge >= 0.3 is 0 Å². The predicted octanol–water partition coefficient (Wildman–Crippen LogP) is 2.88. The van der Waals surface area contributed by atoms with Crippen LogP contribution in [0.4, 0.5) is 11.4 Å². The van der Waals surface area contributed by atoms with Crippen molar-refractivity contribution in [1.82, 2.24) is 9.78 Å². The summed E-state index contributed by atoms with van der Waals surface area (Å²) in [5, 5.41) is 7.74. The molecule has 0 saturated carbocycles. The van der Waals surface area contributed by atoms with Crippen molar-refractivity contribution in [2.45, 2.75) is 33.2 Å². The number of hydrogen-bond donors (Lipinski definition) is 2. The van der Waals surface area contributed by atoms with Crippen LogP contribution in [0.15, 0.2) is 24.3 Å². The maximum atomic E-state index is 12.1. The number of nitrogens with one attached hydrogen (secondary N) is 1. The highest BCUT2D eigenvalue weighted by Gasteiger charge is 2.11. The van der Waals surface area contributed by atoms with Crippen molar-refractivity contribution in [3.05, 3.63) is 40.7 Å². The smallest absolute Gasteiger partial charge is 0.246 e. The van der Waals surface area contributed by atoms with Gasteiger partial charge in [0, 0.05) is 10.7 Å². The Labute approximate surface area is 129 Å². The number of nitrogens with two attached hydrogens (primary N) is 1. The topological polar surface area (TPSA) is 72.9 Å². The van der Waals surface area contributed by atoms with Crippen molar-refractivity contribution in [1.29, 1.82) is 0 Å². The molecule has 0 atom stereocenters. The van der Waals surface area contributed by atoms with E-state index < -0.39 is 0 Å². The number of amides is 1. The molecule has 0 aliphatic heterocycles. The molecule has 3 N–H and O–H groups in total. The maximum Gasteiger partial charge on any atom is 0.246 e. The minimum Gasteiger partial charge on any atom is -0.397 e. The Balaban J connectivity index is 2.09. The van der Waals surface area contributed by atoms with Gasteiger partial charge in [-0.2, -0.15) is 5.10 Å². The van der Waals surface area contributed by atoms with Crippen LogP contribution in [0.2, 0.25) is 5.02 Å². The summed E-state index contributed by atoms with van der Waals surface area (Å²) in [5.74, 6) is -0.163. The van der Waals surface area contributed by atoms with E-state index in [9.17, 15) is 4.79 Å². The first kappa shape index (κ1) is 15.4. The molecule has 2 rings (SSSR count).